The highest BCUT2D eigenvalue weighted by atomic mass is 17.5. The lowest BCUT2D eigenvalue weighted by atomic mass is 10.2. The fourth-order valence-electron chi connectivity index (χ4n) is 2.27. The Kier molecular flexibility index (Phi) is 11.8. The summed E-state index contributed by atoms with van der Waals surface area (Å²) in [7, 11) is 2.94. The second kappa shape index (κ2) is 15.4. The van der Waals surface area contributed by atoms with E-state index in [2.05, 4.69) is 39.1 Å². The monoisotopic (exact) mass is 510 g/mol. The van der Waals surface area contributed by atoms with E-state index in [0.29, 0.717) is 11.5 Å². The van der Waals surface area contributed by atoms with E-state index in [1.165, 1.54) is 62.8 Å². The molecule has 0 aliphatic carbocycles. The number of benzene rings is 2. The van der Waals surface area contributed by atoms with Crippen molar-refractivity contribution < 1.29 is 67.8 Å². The number of hydrogen-bond donors (Lipinski definition) is 0. The van der Waals surface area contributed by atoms with E-state index in [0.717, 1.165) is 0 Å². The molecule has 0 fully saturated rings. The molecule has 36 heavy (non-hydrogen) atoms. The Hall–Kier alpha value is -4.56. The highest BCUT2D eigenvalue weighted by Crippen LogP contribution is 2.13. The quantitative estimate of drug-likeness (QED) is 0.167. The zero-order chi connectivity index (χ0) is 26.2. The highest BCUT2D eigenvalue weighted by molar-refractivity contribution is 5.89. The molecule has 0 saturated heterocycles. The second-order valence-electron chi connectivity index (χ2n) is 6.41. The molecule has 0 aliphatic rings. The van der Waals surface area contributed by atoms with E-state index in [4.69, 9.17) is 9.47 Å². The Morgan fingerprint density at radius 1 is 0.556 bits per heavy atom. The number of rotatable bonds is 13. The SMILES string of the molecule is COc1ccc(C(=O)OOOC(=O)OCCCCOC(=O)OOOC(=O)c2ccc(OC)cc2)cc1. The zero-order valence-electron chi connectivity index (χ0n) is 19.2. The smallest absolute Gasteiger partial charge is 0.497 e. The Morgan fingerprint density at radius 3 is 1.25 bits per heavy atom. The molecule has 0 N–H and O–H groups in total. The van der Waals surface area contributed by atoms with Gasteiger partial charge in [-0.2, -0.15) is 0 Å². The Labute approximate surface area is 204 Å². The molecule has 194 valence electrons. The van der Waals surface area contributed by atoms with Crippen molar-refractivity contribution in [2.45, 2.75) is 12.8 Å². The van der Waals surface area contributed by atoms with Crippen molar-refractivity contribution in [1.29, 1.82) is 0 Å². The van der Waals surface area contributed by atoms with Crippen LogP contribution in [0.5, 0.6) is 11.5 Å². The van der Waals surface area contributed by atoms with Crippen molar-refractivity contribution in [2.24, 2.45) is 0 Å². The number of hydrogen-bond acceptors (Lipinski definition) is 14. The Bertz CT molecular complexity index is 905. The fraction of sp³-hybridized carbons (Fsp3) is 0.273. The summed E-state index contributed by atoms with van der Waals surface area (Å²) < 4.78 is 19.2. The predicted octanol–water partition coefficient (Wildman–Crippen LogP) is 3.50. The minimum absolute atomic E-state index is 0.122. The van der Waals surface area contributed by atoms with Crippen LogP contribution in [0.15, 0.2) is 48.5 Å². The molecule has 0 saturated carbocycles. The molecule has 0 aliphatic heterocycles. The van der Waals surface area contributed by atoms with Gasteiger partial charge in [0.2, 0.25) is 0 Å². The first-order valence-corrected chi connectivity index (χ1v) is 10.2. The lowest BCUT2D eigenvalue weighted by Crippen LogP contribution is -2.14. The summed E-state index contributed by atoms with van der Waals surface area (Å²) in [5.41, 5.74) is 0.263. The summed E-state index contributed by atoms with van der Waals surface area (Å²) in [5, 5.41) is 8.15. The third-order valence-electron chi connectivity index (χ3n) is 4.05. The number of methoxy groups -OCH3 is 2. The van der Waals surface area contributed by atoms with Crippen molar-refractivity contribution in [1.82, 2.24) is 0 Å². The largest absolute Gasteiger partial charge is 0.543 e. The summed E-state index contributed by atoms with van der Waals surface area (Å²) in [5.74, 6) is -0.744. The van der Waals surface area contributed by atoms with Gasteiger partial charge in [-0.05, 0) is 61.4 Å². The van der Waals surface area contributed by atoms with Gasteiger partial charge >= 0.3 is 24.2 Å². The first-order chi connectivity index (χ1) is 17.4. The van der Waals surface area contributed by atoms with Gasteiger partial charge in [-0.1, -0.05) is 0 Å². The summed E-state index contributed by atoms with van der Waals surface area (Å²) in [6.07, 6.45) is -1.99. The van der Waals surface area contributed by atoms with E-state index >= 15 is 0 Å². The average molecular weight is 510 g/mol. The van der Waals surface area contributed by atoms with Crippen molar-refractivity contribution in [3.05, 3.63) is 59.7 Å². The molecule has 0 spiro atoms. The summed E-state index contributed by atoms with van der Waals surface area (Å²) in [6.45, 7) is -0.244. The first kappa shape index (κ1) is 27.7. The molecule has 0 aromatic heterocycles. The van der Waals surface area contributed by atoms with E-state index in [9.17, 15) is 19.2 Å². The summed E-state index contributed by atoms with van der Waals surface area (Å²) in [4.78, 5) is 62.9. The van der Waals surface area contributed by atoms with Crippen molar-refractivity contribution >= 4 is 24.2 Å². The number of carbonyl (C=O) groups excluding carboxylic acids is 4. The van der Waals surface area contributed by atoms with Crippen LogP contribution >= 0.6 is 0 Å². The Morgan fingerprint density at radius 2 is 0.917 bits per heavy atom. The van der Waals surface area contributed by atoms with Crippen LogP contribution in [-0.2, 0) is 39.1 Å². The van der Waals surface area contributed by atoms with E-state index in [1.807, 2.05) is 0 Å². The molecule has 14 nitrogen and oxygen atoms in total. The number of ether oxygens (including phenoxy) is 4. The molecule has 0 atom stereocenters. The zero-order valence-corrected chi connectivity index (χ0v) is 19.2. The lowest BCUT2D eigenvalue weighted by molar-refractivity contribution is -0.452. The molecule has 0 bridgehead atoms. The molecule has 0 radical (unpaired) electrons. The summed E-state index contributed by atoms with van der Waals surface area (Å²) in [6, 6.07) is 11.8. The third kappa shape index (κ3) is 10.1. The van der Waals surface area contributed by atoms with Crippen LogP contribution in [0.3, 0.4) is 0 Å². The molecule has 14 heteroatoms. The van der Waals surface area contributed by atoms with Crippen LogP contribution in [0.25, 0.3) is 0 Å². The van der Waals surface area contributed by atoms with Gasteiger partial charge in [0.15, 0.2) is 0 Å². The van der Waals surface area contributed by atoms with Gasteiger partial charge in [-0.3, -0.25) is 9.78 Å². The van der Waals surface area contributed by atoms with Gasteiger partial charge in [0, 0.05) is 0 Å². The Balaban J connectivity index is 1.46. The molecule has 2 rings (SSSR count). The maximum Gasteiger partial charge on any atom is 0.543 e. The van der Waals surface area contributed by atoms with Crippen LogP contribution in [0.2, 0.25) is 0 Å². The molecule has 0 amide bonds. The number of carbonyl (C=O) groups is 4. The maximum atomic E-state index is 11.7. The van der Waals surface area contributed by atoms with Crippen LogP contribution in [0.1, 0.15) is 33.6 Å². The van der Waals surface area contributed by atoms with Gasteiger partial charge in [0.05, 0.1) is 48.6 Å². The third-order valence-corrected chi connectivity index (χ3v) is 4.05. The van der Waals surface area contributed by atoms with Gasteiger partial charge in [0.1, 0.15) is 11.5 Å². The van der Waals surface area contributed by atoms with E-state index in [-0.39, 0.29) is 37.2 Å². The van der Waals surface area contributed by atoms with Crippen molar-refractivity contribution in [3.8, 4) is 11.5 Å². The average Bonchev–Trinajstić information content (AvgIpc) is 2.90. The van der Waals surface area contributed by atoms with Gasteiger partial charge in [-0.15, -0.1) is 0 Å². The van der Waals surface area contributed by atoms with Crippen molar-refractivity contribution in [3.63, 3.8) is 0 Å². The maximum absolute atomic E-state index is 11.7. The number of unbranched alkanes of at least 4 members (excludes halogenated alkanes) is 1. The molecule has 0 unspecified atom stereocenters. The van der Waals surface area contributed by atoms with Crippen LogP contribution in [-0.4, -0.2) is 51.7 Å². The standard InChI is InChI=1S/C22H22O14/c1-27-17-9-5-15(6-10-17)19(23)31-35-33-21(25)29-13-3-4-14-30-22(26)34-36-32-20(24)16-7-11-18(28-2)12-8-16/h5-12H,3-4,13-14H2,1-2H3. The summed E-state index contributed by atoms with van der Waals surface area (Å²) >= 11 is 0. The molecule has 0 heterocycles. The van der Waals surface area contributed by atoms with Crippen molar-refractivity contribution in [2.75, 3.05) is 27.4 Å². The molecular formula is C22H22O14. The van der Waals surface area contributed by atoms with Gasteiger partial charge < -0.3 is 18.9 Å². The normalized spacial score (nSPS) is 9.94. The van der Waals surface area contributed by atoms with Gasteiger partial charge in [0.25, 0.3) is 0 Å². The van der Waals surface area contributed by atoms with Crippen LogP contribution < -0.4 is 9.47 Å². The lowest BCUT2D eigenvalue weighted by Gasteiger charge is -2.06. The molecule has 2 aromatic rings. The second-order valence-corrected chi connectivity index (χ2v) is 6.41. The minimum atomic E-state index is -1.26. The van der Waals surface area contributed by atoms with Crippen LogP contribution in [0, 0.1) is 0 Å². The van der Waals surface area contributed by atoms with E-state index < -0.39 is 24.2 Å². The molecule has 2 aromatic carbocycles. The molecular weight excluding hydrogens is 488 g/mol. The predicted molar refractivity (Wildman–Crippen MR) is 113 cm³/mol. The fourth-order valence-corrected chi connectivity index (χ4v) is 2.27. The topological polar surface area (TPSA) is 161 Å². The first-order valence-electron chi connectivity index (χ1n) is 10.2. The highest BCUT2D eigenvalue weighted by Gasteiger charge is 2.14. The van der Waals surface area contributed by atoms with Gasteiger partial charge in [-0.25, -0.2) is 29.0 Å². The van der Waals surface area contributed by atoms with E-state index in [1.54, 1.807) is 0 Å². The minimum Gasteiger partial charge on any atom is -0.497 e. The van der Waals surface area contributed by atoms with Crippen LogP contribution in [0.4, 0.5) is 9.59 Å².